The Kier molecular flexibility index (Phi) is 4.57. The van der Waals surface area contributed by atoms with E-state index in [9.17, 15) is 20.1 Å². The van der Waals surface area contributed by atoms with Gasteiger partial charge in [0.1, 0.15) is 35.7 Å². The summed E-state index contributed by atoms with van der Waals surface area (Å²) in [5.74, 6) is 0.237. The zero-order chi connectivity index (χ0) is 17.4. The molecule has 2 aromatic rings. The predicted molar refractivity (Wildman–Crippen MR) is 81.6 cm³/mol. The Morgan fingerprint density at radius 2 is 1.88 bits per heavy atom. The van der Waals surface area contributed by atoms with Crippen molar-refractivity contribution >= 4 is 11.0 Å². The van der Waals surface area contributed by atoms with Gasteiger partial charge in [0.15, 0.2) is 0 Å². The summed E-state index contributed by atoms with van der Waals surface area (Å²) in [6.45, 7) is 1.23. The van der Waals surface area contributed by atoms with E-state index in [2.05, 4.69) is 0 Å². The van der Waals surface area contributed by atoms with Crippen LogP contribution in [0.4, 0.5) is 0 Å². The van der Waals surface area contributed by atoms with Gasteiger partial charge in [0, 0.05) is 17.5 Å². The minimum Gasteiger partial charge on any atom is -0.462 e. The van der Waals surface area contributed by atoms with Gasteiger partial charge in [0.2, 0.25) is 6.29 Å². The van der Waals surface area contributed by atoms with Crippen LogP contribution in [-0.4, -0.2) is 57.7 Å². The molecule has 0 radical (unpaired) electrons. The molecule has 0 amide bonds. The predicted octanol–water partition coefficient (Wildman–Crippen LogP) is -0.720. The average Bonchev–Trinajstić information content (AvgIpc) is 2.55. The smallest absolute Gasteiger partial charge is 0.336 e. The molecule has 5 atom stereocenters. The Hall–Kier alpha value is -1.97. The number of hydrogen-bond donors (Lipinski definition) is 4. The lowest BCUT2D eigenvalue weighted by atomic mass is 9.99. The van der Waals surface area contributed by atoms with Crippen LogP contribution >= 0.6 is 0 Å². The molecule has 0 bridgehead atoms. The Labute approximate surface area is 136 Å². The van der Waals surface area contributed by atoms with E-state index in [4.69, 9.17) is 19.0 Å². The van der Waals surface area contributed by atoms with Crippen molar-refractivity contribution in [1.82, 2.24) is 0 Å². The molecule has 130 valence electrons. The van der Waals surface area contributed by atoms with E-state index < -0.39 is 42.9 Å². The topological polar surface area (TPSA) is 130 Å². The molecule has 1 aromatic carbocycles. The lowest BCUT2D eigenvalue weighted by molar-refractivity contribution is -0.277. The van der Waals surface area contributed by atoms with E-state index >= 15 is 0 Å². The van der Waals surface area contributed by atoms with E-state index in [1.54, 1.807) is 19.1 Å². The van der Waals surface area contributed by atoms with Crippen LogP contribution in [0.1, 0.15) is 5.56 Å². The van der Waals surface area contributed by atoms with Gasteiger partial charge in [-0.2, -0.15) is 0 Å². The van der Waals surface area contributed by atoms with Gasteiger partial charge in [-0.1, -0.05) is 0 Å². The highest BCUT2D eigenvalue weighted by atomic mass is 16.7. The maximum Gasteiger partial charge on any atom is 0.336 e. The van der Waals surface area contributed by atoms with Crippen LogP contribution in [0.15, 0.2) is 33.5 Å². The maximum atomic E-state index is 11.5. The SMILES string of the molecule is Cc1cc(=O)oc2cc(OC3O[C@H](CO)[C@H](O)[C@H](O)[C@H]3O)ccc12. The lowest BCUT2D eigenvalue weighted by Gasteiger charge is -2.39. The third-order valence-corrected chi connectivity index (χ3v) is 4.02. The summed E-state index contributed by atoms with van der Waals surface area (Å²) < 4.78 is 15.9. The molecule has 0 saturated carbocycles. The largest absolute Gasteiger partial charge is 0.462 e. The number of aryl methyl sites for hydroxylation is 1. The first-order valence-electron chi connectivity index (χ1n) is 7.42. The Bertz CT molecular complexity index is 783. The molecule has 2 heterocycles. The molecule has 1 aliphatic heterocycles. The summed E-state index contributed by atoms with van der Waals surface area (Å²) >= 11 is 0. The van der Waals surface area contributed by atoms with E-state index in [1.807, 2.05) is 0 Å². The van der Waals surface area contributed by atoms with Crippen LogP contribution in [0.3, 0.4) is 0 Å². The highest BCUT2D eigenvalue weighted by molar-refractivity contribution is 5.81. The van der Waals surface area contributed by atoms with E-state index in [1.165, 1.54) is 12.1 Å². The molecular weight excluding hydrogens is 320 g/mol. The minimum absolute atomic E-state index is 0.237. The van der Waals surface area contributed by atoms with Crippen LogP contribution in [0.2, 0.25) is 0 Å². The molecule has 24 heavy (non-hydrogen) atoms. The molecule has 1 saturated heterocycles. The molecular formula is C16H18O8. The molecule has 0 spiro atoms. The van der Waals surface area contributed by atoms with Crippen molar-refractivity contribution in [1.29, 1.82) is 0 Å². The van der Waals surface area contributed by atoms with Crippen LogP contribution in [-0.2, 0) is 4.74 Å². The average molecular weight is 338 g/mol. The number of benzene rings is 1. The van der Waals surface area contributed by atoms with Crippen molar-refractivity contribution in [3.63, 3.8) is 0 Å². The highest BCUT2D eigenvalue weighted by Crippen LogP contribution is 2.27. The zero-order valence-corrected chi connectivity index (χ0v) is 12.8. The van der Waals surface area contributed by atoms with Crippen molar-refractivity contribution in [2.45, 2.75) is 37.6 Å². The second-order valence-corrected chi connectivity index (χ2v) is 5.72. The number of ether oxygens (including phenoxy) is 2. The molecule has 1 fully saturated rings. The fourth-order valence-corrected chi connectivity index (χ4v) is 2.68. The van der Waals surface area contributed by atoms with Crippen molar-refractivity contribution in [3.8, 4) is 5.75 Å². The number of hydrogen-bond acceptors (Lipinski definition) is 8. The van der Waals surface area contributed by atoms with Crippen molar-refractivity contribution in [3.05, 3.63) is 40.2 Å². The Morgan fingerprint density at radius 1 is 1.12 bits per heavy atom. The van der Waals surface area contributed by atoms with Crippen LogP contribution in [0.5, 0.6) is 5.75 Å². The summed E-state index contributed by atoms with van der Waals surface area (Å²) in [4.78, 5) is 11.5. The monoisotopic (exact) mass is 338 g/mol. The molecule has 0 aliphatic carbocycles. The van der Waals surface area contributed by atoms with Crippen LogP contribution in [0.25, 0.3) is 11.0 Å². The first kappa shape index (κ1) is 16.9. The minimum atomic E-state index is -1.53. The first-order valence-corrected chi connectivity index (χ1v) is 7.42. The van der Waals surface area contributed by atoms with E-state index in [0.717, 1.165) is 10.9 Å². The van der Waals surface area contributed by atoms with Gasteiger partial charge in [0.05, 0.1) is 6.61 Å². The molecule has 8 heteroatoms. The van der Waals surface area contributed by atoms with Gasteiger partial charge in [-0.05, 0) is 24.6 Å². The number of aliphatic hydroxyl groups is 4. The molecule has 8 nitrogen and oxygen atoms in total. The number of rotatable bonds is 3. The van der Waals surface area contributed by atoms with Crippen molar-refractivity contribution in [2.75, 3.05) is 6.61 Å². The molecule has 1 unspecified atom stereocenters. The lowest BCUT2D eigenvalue weighted by Crippen LogP contribution is -2.60. The molecule has 1 aromatic heterocycles. The summed E-state index contributed by atoms with van der Waals surface area (Å²) in [5, 5.41) is 39.4. The van der Waals surface area contributed by atoms with Crippen molar-refractivity contribution < 1.29 is 34.3 Å². The summed E-state index contributed by atoms with van der Waals surface area (Å²) in [6, 6.07) is 6.12. The molecule has 3 rings (SSSR count). The Balaban J connectivity index is 1.87. The van der Waals surface area contributed by atoms with Gasteiger partial charge in [0.25, 0.3) is 0 Å². The second kappa shape index (κ2) is 6.50. The fraction of sp³-hybridized carbons (Fsp3) is 0.438. The van der Waals surface area contributed by atoms with Gasteiger partial charge < -0.3 is 34.3 Å². The van der Waals surface area contributed by atoms with E-state index in [0.29, 0.717) is 5.58 Å². The second-order valence-electron chi connectivity index (χ2n) is 5.72. The molecule has 1 aliphatic rings. The third-order valence-electron chi connectivity index (χ3n) is 4.02. The highest BCUT2D eigenvalue weighted by Gasteiger charge is 2.44. The normalized spacial score (nSPS) is 30.5. The maximum absolute atomic E-state index is 11.5. The fourth-order valence-electron chi connectivity index (χ4n) is 2.68. The van der Waals surface area contributed by atoms with E-state index in [-0.39, 0.29) is 5.75 Å². The summed E-state index contributed by atoms with van der Waals surface area (Å²) in [5.41, 5.74) is 0.563. The number of aliphatic hydroxyl groups excluding tert-OH is 4. The Morgan fingerprint density at radius 3 is 2.58 bits per heavy atom. The first-order chi connectivity index (χ1) is 11.4. The number of fused-ring (bicyclic) bond motifs is 1. The quantitative estimate of drug-likeness (QED) is 0.540. The summed E-state index contributed by atoms with van der Waals surface area (Å²) in [7, 11) is 0. The van der Waals surface area contributed by atoms with Gasteiger partial charge in [-0.25, -0.2) is 4.79 Å². The van der Waals surface area contributed by atoms with Gasteiger partial charge >= 0.3 is 5.63 Å². The zero-order valence-electron chi connectivity index (χ0n) is 12.8. The standard InChI is InChI=1S/C16H18O8/c1-7-4-12(18)23-10-5-8(2-3-9(7)10)22-16-15(21)14(20)13(19)11(6-17)24-16/h2-5,11,13-17,19-21H,6H2,1H3/t11-,13+,14+,15-,16?/m1/s1. The van der Waals surface area contributed by atoms with Crippen LogP contribution < -0.4 is 10.4 Å². The van der Waals surface area contributed by atoms with Crippen LogP contribution in [0, 0.1) is 6.92 Å². The third kappa shape index (κ3) is 3.02. The summed E-state index contributed by atoms with van der Waals surface area (Å²) in [6.07, 6.45) is -6.85. The van der Waals surface area contributed by atoms with Crippen molar-refractivity contribution in [2.24, 2.45) is 0 Å². The van der Waals surface area contributed by atoms with Gasteiger partial charge in [-0.3, -0.25) is 0 Å². The van der Waals surface area contributed by atoms with Gasteiger partial charge in [-0.15, -0.1) is 0 Å². The molecule has 4 N–H and O–H groups in total.